The predicted molar refractivity (Wildman–Crippen MR) is 103 cm³/mol. The van der Waals surface area contributed by atoms with Crippen molar-refractivity contribution in [3.05, 3.63) is 22.4 Å². The number of rotatable bonds is 8. The summed E-state index contributed by atoms with van der Waals surface area (Å²) < 4.78 is 5.84. The van der Waals surface area contributed by atoms with Gasteiger partial charge in [-0.05, 0) is 55.2 Å². The van der Waals surface area contributed by atoms with E-state index in [9.17, 15) is 0 Å². The van der Waals surface area contributed by atoms with Crippen LogP contribution in [0.4, 0.5) is 0 Å². The molecule has 1 aliphatic heterocycles. The molecule has 2 unspecified atom stereocenters. The highest BCUT2D eigenvalue weighted by molar-refractivity contribution is 7.07. The monoisotopic (exact) mass is 352 g/mol. The zero-order chi connectivity index (χ0) is 17.4. The maximum atomic E-state index is 5.84. The zero-order valence-electron chi connectivity index (χ0n) is 15.5. The highest BCUT2D eigenvalue weighted by atomic mass is 32.1. The van der Waals surface area contributed by atoms with E-state index < -0.39 is 0 Å². The van der Waals surface area contributed by atoms with Crippen molar-refractivity contribution in [3.8, 4) is 0 Å². The van der Waals surface area contributed by atoms with E-state index in [0.29, 0.717) is 6.04 Å². The van der Waals surface area contributed by atoms with Gasteiger partial charge in [-0.15, -0.1) is 0 Å². The molecule has 0 aliphatic carbocycles. The molecule has 2 atom stereocenters. The summed E-state index contributed by atoms with van der Waals surface area (Å²) in [6.07, 6.45) is 2.25. The van der Waals surface area contributed by atoms with Crippen LogP contribution in [-0.2, 0) is 4.74 Å². The van der Waals surface area contributed by atoms with Gasteiger partial charge in [0.2, 0.25) is 0 Å². The number of ether oxygens (including phenoxy) is 1. The Labute approximate surface area is 150 Å². The Hall–Kier alpha value is -1.11. The molecule has 2 N–H and O–H groups in total. The van der Waals surface area contributed by atoms with Gasteiger partial charge in [0.05, 0.1) is 11.6 Å². The third-order valence-electron chi connectivity index (χ3n) is 4.80. The summed E-state index contributed by atoms with van der Waals surface area (Å²) in [6.45, 7) is 11.2. The van der Waals surface area contributed by atoms with E-state index >= 15 is 0 Å². The van der Waals surface area contributed by atoms with Crippen LogP contribution in [-0.4, -0.2) is 56.3 Å². The van der Waals surface area contributed by atoms with Crippen molar-refractivity contribution >= 4 is 17.3 Å². The lowest BCUT2D eigenvalue weighted by atomic mass is 10.0. The van der Waals surface area contributed by atoms with Crippen LogP contribution in [0, 0.1) is 0 Å². The average molecular weight is 353 g/mol. The Bertz CT molecular complexity index is 493. The van der Waals surface area contributed by atoms with E-state index in [0.717, 1.165) is 51.6 Å². The van der Waals surface area contributed by atoms with Crippen LogP contribution in [0.3, 0.4) is 0 Å². The fourth-order valence-corrected chi connectivity index (χ4v) is 3.95. The fourth-order valence-electron chi connectivity index (χ4n) is 3.25. The first-order chi connectivity index (χ1) is 11.6. The molecule has 6 heteroatoms. The maximum Gasteiger partial charge on any atom is 0.191 e. The number of nitrogens with zero attached hydrogens (tertiary/aromatic N) is 2. The summed E-state index contributed by atoms with van der Waals surface area (Å²) in [7, 11) is 1.82. The van der Waals surface area contributed by atoms with E-state index in [1.165, 1.54) is 5.56 Å². The number of likely N-dealkylation sites (N-methyl/N-ethyl adjacent to an activating group) is 1. The molecular weight excluding hydrogens is 320 g/mol. The molecule has 1 aromatic rings. The summed E-state index contributed by atoms with van der Waals surface area (Å²) in [5, 5.41) is 11.3. The van der Waals surface area contributed by atoms with Gasteiger partial charge in [-0.3, -0.25) is 9.89 Å². The van der Waals surface area contributed by atoms with Crippen LogP contribution in [0.1, 0.15) is 45.2 Å². The summed E-state index contributed by atoms with van der Waals surface area (Å²) in [5.74, 6) is 0.846. The topological polar surface area (TPSA) is 48.9 Å². The van der Waals surface area contributed by atoms with Crippen LogP contribution in [0.15, 0.2) is 21.8 Å². The molecule has 0 bridgehead atoms. The van der Waals surface area contributed by atoms with E-state index in [1.807, 2.05) is 7.05 Å². The zero-order valence-corrected chi connectivity index (χ0v) is 16.3. The van der Waals surface area contributed by atoms with E-state index in [2.05, 4.69) is 58.1 Å². The summed E-state index contributed by atoms with van der Waals surface area (Å²) >= 11 is 1.76. The molecule has 24 heavy (non-hydrogen) atoms. The van der Waals surface area contributed by atoms with E-state index in [1.54, 1.807) is 11.3 Å². The first kappa shape index (κ1) is 19.2. The largest absolute Gasteiger partial charge is 0.373 e. The van der Waals surface area contributed by atoms with Crippen LogP contribution in [0.25, 0.3) is 0 Å². The van der Waals surface area contributed by atoms with Gasteiger partial charge < -0.3 is 15.4 Å². The maximum absolute atomic E-state index is 5.84. The lowest BCUT2D eigenvalue weighted by Gasteiger charge is -2.30. The Morgan fingerprint density at radius 2 is 2.21 bits per heavy atom. The quantitative estimate of drug-likeness (QED) is 0.558. The molecule has 2 heterocycles. The van der Waals surface area contributed by atoms with Crippen molar-refractivity contribution in [1.29, 1.82) is 0 Å². The second-order valence-corrected chi connectivity index (χ2v) is 7.28. The van der Waals surface area contributed by atoms with Crippen molar-refractivity contribution in [2.24, 2.45) is 4.99 Å². The van der Waals surface area contributed by atoms with Crippen molar-refractivity contribution in [1.82, 2.24) is 15.5 Å². The van der Waals surface area contributed by atoms with Gasteiger partial charge in [-0.1, -0.05) is 13.8 Å². The molecule has 5 nitrogen and oxygen atoms in total. The van der Waals surface area contributed by atoms with Gasteiger partial charge in [-0.25, -0.2) is 0 Å². The average Bonchev–Trinajstić information content (AvgIpc) is 3.26. The Balaban J connectivity index is 1.91. The molecule has 2 rings (SSSR count). The minimum absolute atomic E-state index is 0.0662. The second-order valence-electron chi connectivity index (χ2n) is 6.50. The summed E-state index contributed by atoms with van der Waals surface area (Å²) in [5.41, 5.74) is 1.31. The third kappa shape index (κ3) is 5.19. The number of guanidine groups is 1. The van der Waals surface area contributed by atoms with Gasteiger partial charge >= 0.3 is 0 Å². The molecule has 0 aromatic carbocycles. The standard InChI is InChI=1S/C18H32N4OS/c1-5-22(6-2)16(15-8-11-24-13-15)12-20-17(19-4)21-14-18(3)9-7-10-23-18/h8,11,13,16H,5-7,9-10,12,14H2,1-4H3,(H2,19,20,21). The Morgan fingerprint density at radius 3 is 2.75 bits per heavy atom. The second kappa shape index (κ2) is 9.39. The molecule has 136 valence electrons. The number of aliphatic imine (C=N–C) groups is 1. The van der Waals surface area contributed by atoms with Crippen molar-refractivity contribution in [2.75, 3.05) is 39.8 Å². The van der Waals surface area contributed by atoms with Crippen LogP contribution in [0.2, 0.25) is 0 Å². The number of nitrogens with one attached hydrogen (secondary N) is 2. The predicted octanol–water partition coefficient (Wildman–Crippen LogP) is 2.87. The number of thiophene rings is 1. The minimum atomic E-state index is -0.0662. The molecule has 1 aromatic heterocycles. The van der Waals surface area contributed by atoms with E-state index in [4.69, 9.17) is 4.74 Å². The Morgan fingerprint density at radius 1 is 1.42 bits per heavy atom. The molecule has 0 amide bonds. The number of hydrogen-bond donors (Lipinski definition) is 2. The first-order valence-electron chi connectivity index (χ1n) is 8.96. The number of hydrogen-bond acceptors (Lipinski definition) is 4. The first-order valence-corrected chi connectivity index (χ1v) is 9.90. The van der Waals surface area contributed by atoms with Gasteiger partial charge in [0, 0.05) is 26.7 Å². The van der Waals surface area contributed by atoms with Crippen LogP contribution < -0.4 is 10.6 Å². The molecule has 1 fully saturated rings. The van der Waals surface area contributed by atoms with Gasteiger partial charge in [-0.2, -0.15) is 11.3 Å². The lowest BCUT2D eigenvalue weighted by Crippen LogP contribution is -2.47. The van der Waals surface area contributed by atoms with Crippen molar-refractivity contribution in [2.45, 2.75) is 45.3 Å². The molecule has 0 radical (unpaired) electrons. The SMILES string of the molecule is CCN(CC)C(CNC(=NC)NCC1(C)CCCO1)c1ccsc1. The molecular formula is C18H32N4OS. The summed E-state index contributed by atoms with van der Waals surface area (Å²) in [6, 6.07) is 2.59. The van der Waals surface area contributed by atoms with Gasteiger partial charge in [0.25, 0.3) is 0 Å². The molecule has 0 spiro atoms. The molecule has 0 saturated carbocycles. The third-order valence-corrected chi connectivity index (χ3v) is 5.50. The minimum Gasteiger partial charge on any atom is -0.373 e. The Kier molecular flexibility index (Phi) is 7.52. The lowest BCUT2D eigenvalue weighted by molar-refractivity contribution is 0.0242. The van der Waals surface area contributed by atoms with Crippen molar-refractivity contribution in [3.63, 3.8) is 0 Å². The smallest absolute Gasteiger partial charge is 0.191 e. The fraction of sp³-hybridized carbons (Fsp3) is 0.722. The highest BCUT2D eigenvalue weighted by Crippen LogP contribution is 2.24. The highest BCUT2D eigenvalue weighted by Gasteiger charge is 2.29. The van der Waals surface area contributed by atoms with E-state index in [-0.39, 0.29) is 5.60 Å². The summed E-state index contributed by atoms with van der Waals surface area (Å²) in [4.78, 5) is 6.84. The molecule has 1 saturated heterocycles. The molecule has 1 aliphatic rings. The van der Waals surface area contributed by atoms with Gasteiger partial charge in [0.15, 0.2) is 5.96 Å². The van der Waals surface area contributed by atoms with Crippen LogP contribution >= 0.6 is 11.3 Å². The van der Waals surface area contributed by atoms with Crippen molar-refractivity contribution < 1.29 is 4.74 Å². The van der Waals surface area contributed by atoms with Crippen LogP contribution in [0.5, 0.6) is 0 Å². The van der Waals surface area contributed by atoms with Gasteiger partial charge in [0.1, 0.15) is 0 Å². The normalized spacial score (nSPS) is 22.8.